The minimum atomic E-state index is -0.578. The summed E-state index contributed by atoms with van der Waals surface area (Å²) in [6, 6.07) is 13.1. The molecule has 166 valence electrons. The molecule has 1 atom stereocenters. The number of nitrogens with zero attached hydrogens (tertiary/aromatic N) is 3. The fraction of sp³-hybridized carbons (Fsp3) is 0.0909. The standard InChI is InChI=1S/C22H16FN5O3S2/c1-12(13-3-2-4-14(7-13)15-5-6-20(29)24-10-15)28-17-8-16(23)19(9-18(17)31-22(28)30)32-27-21-25-11-26-33-21/h2-12H,1H3,(H,24,29)(H,25,26,27)/t12-/m1/s1. The number of H-pyrrole nitrogens is 1. The predicted molar refractivity (Wildman–Crippen MR) is 126 cm³/mol. The molecule has 2 N–H and O–H groups in total. The molecule has 0 aliphatic carbocycles. The molecule has 0 amide bonds. The number of fused-ring (bicyclic) bond motifs is 1. The number of nitrogens with one attached hydrogen (secondary N) is 2. The lowest BCUT2D eigenvalue weighted by molar-refractivity contribution is 0.489. The molecule has 2 aromatic carbocycles. The van der Waals surface area contributed by atoms with Gasteiger partial charge in [-0.15, -0.1) is 0 Å². The van der Waals surface area contributed by atoms with Gasteiger partial charge in [0.25, 0.3) is 0 Å². The fourth-order valence-corrected chi connectivity index (χ4v) is 4.65. The Hall–Kier alpha value is -3.70. The van der Waals surface area contributed by atoms with E-state index in [1.807, 2.05) is 31.2 Å². The van der Waals surface area contributed by atoms with Crippen LogP contribution in [0.1, 0.15) is 18.5 Å². The second-order valence-electron chi connectivity index (χ2n) is 7.18. The predicted octanol–water partition coefficient (Wildman–Crippen LogP) is 4.67. The van der Waals surface area contributed by atoms with Crippen LogP contribution >= 0.6 is 23.5 Å². The van der Waals surface area contributed by atoms with Crippen molar-refractivity contribution in [1.29, 1.82) is 0 Å². The Bertz CT molecular complexity index is 1540. The molecule has 3 heterocycles. The molecule has 0 saturated heterocycles. The van der Waals surface area contributed by atoms with E-state index < -0.39 is 17.6 Å². The molecule has 5 aromatic rings. The van der Waals surface area contributed by atoms with Gasteiger partial charge in [0.05, 0.1) is 16.5 Å². The molecule has 3 aromatic heterocycles. The summed E-state index contributed by atoms with van der Waals surface area (Å²) in [6.07, 6.45) is 3.04. The maximum atomic E-state index is 14.8. The molecule has 0 saturated carbocycles. The Morgan fingerprint density at radius 1 is 1.18 bits per heavy atom. The zero-order chi connectivity index (χ0) is 22.9. The first-order valence-electron chi connectivity index (χ1n) is 9.83. The SMILES string of the molecule is C[C@H](c1cccc(-c2ccc(=O)[nH]c2)c1)n1c(=O)oc2cc(SNc3ncns3)c(F)cc21. The topological polar surface area (TPSA) is 106 Å². The second kappa shape index (κ2) is 8.68. The van der Waals surface area contributed by atoms with Gasteiger partial charge >= 0.3 is 5.76 Å². The fourth-order valence-electron chi connectivity index (χ4n) is 3.51. The van der Waals surface area contributed by atoms with Gasteiger partial charge in [0.2, 0.25) is 10.7 Å². The maximum Gasteiger partial charge on any atom is 0.420 e. The first-order chi connectivity index (χ1) is 16.0. The molecule has 0 bridgehead atoms. The summed E-state index contributed by atoms with van der Waals surface area (Å²) in [7, 11) is 0. The van der Waals surface area contributed by atoms with E-state index in [0.29, 0.717) is 10.6 Å². The van der Waals surface area contributed by atoms with Crippen LogP contribution in [-0.4, -0.2) is 18.9 Å². The Kier molecular flexibility index (Phi) is 5.56. The first-order valence-corrected chi connectivity index (χ1v) is 11.4. The van der Waals surface area contributed by atoms with E-state index in [4.69, 9.17) is 4.42 Å². The molecule has 5 rings (SSSR count). The monoisotopic (exact) mass is 481 g/mol. The highest BCUT2D eigenvalue weighted by atomic mass is 32.2. The van der Waals surface area contributed by atoms with Crippen molar-refractivity contribution in [3.63, 3.8) is 0 Å². The molecule has 8 nitrogen and oxygen atoms in total. The molecule has 11 heteroatoms. The van der Waals surface area contributed by atoms with E-state index in [1.165, 1.54) is 29.1 Å². The summed E-state index contributed by atoms with van der Waals surface area (Å²) < 4.78 is 28.5. The number of pyridine rings is 1. The van der Waals surface area contributed by atoms with Gasteiger partial charge in [0.15, 0.2) is 5.58 Å². The van der Waals surface area contributed by atoms with Crippen LogP contribution in [0.15, 0.2) is 80.0 Å². The highest BCUT2D eigenvalue weighted by molar-refractivity contribution is 8.00. The third-order valence-corrected chi connectivity index (χ3v) is 6.69. The number of oxazole rings is 1. The van der Waals surface area contributed by atoms with Crippen molar-refractivity contribution in [1.82, 2.24) is 18.9 Å². The summed E-state index contributed by atoms with van der Waals surface area (Å²) in [5, 5.41) is 0.537. The Morgan fingerprint density at radius 3 is 2.82 bits per heavy atom. The molecule has 0 unspecified atom stereocenters. The zero-order valence-corrected chi connectivity index (χ0v) is 18.7. The van der Waals surface area contributed by atoms with Crippen LogP contribution in [0.3, 0.4) is 0 Å². The van der Waals surface area contributed by atoms with Crippen LogP contribution in [0.2, 0.25) is 0 Å². The van der Waals surface area contributed by atoms with Gasteiger partial charge in [-0.05, 0) is 47.7 Å². The van der Waals surface area contributed by atoms with Gasteiger partial charge in [-0.3, -0.25) is 9.36 Å². The number of anilines is 1. The van der Waals surface area contributed by atoms with E-state index in [0.717, 1.165) is 40.2 Å². The summed E-state index contributed by atoms with van der Waals surface area (Å²) >= 11 is 2.18. The molecule has 0 spiro atoms. The van der Waals surface area contributed by atoms with Crippen molar-refractivity contribution in [3.05, 3.63) is 93.3 Å². The van der Waals surface area contributed by atoms with Gasteiger partial charge < -0.3 is 14.1 Å². The van der Waals surface area contributed by atoms with Crippen molar-refractivity contribution in [2.24, 2.45) is 0 Å². The highest BCUT2D eigenvalue weighted by Gasteiger charge is 2.20. The number of benzene rings is 2. The van der Waals surface area contributed by atoms with Gasteiger partial charge in [-0.25, -0.2) is 14.2 Å². The average Bonchev–Trinajstić information content (AvgIpc) is 3.44. The number of rotatable bonds is 6. The van der Waals surface area contributed by atoms with Crippen LogP contribution in [-0.2, 0) is 0 Å². The molecule has 33 heavy (non-hydrogen) atoms. The van der Waals surface area contributed by atoms with Crippen LogP contribution in [0.5, 0.6) is 0 Å². The van der Waals surface area contributed by atoms with Gasteiger partial charge in [0, 0.05) is 35.9 Å². The second-order valence-corrected chi connectivity index (χ2v) is 8.81. The van der Waals surface area contributed by atoms with E-state index in [2.05, 4.69) is 19.1 Å². The molecule has 0 aliphatic heterocycles. The van der Waals surface area contributed by atoms with Crippen molar-refractivity contribution in [3.8, 4) is 11.1 Å². The van der Waals surface area contributed by atoms with Crippen molar-refractivity contribution in [2.45, 2.75) is 17.9 Å². The number of aromatic nitrogens is 4. The van der Waals surface area contributed by atoms with Crippen molar-refractivity contribution < 1.29 is 8.81 Å². The highest BCUT2D eigenvalue weighted by Crippen LogP contribution is 2.31. The van der Waals surface area contributed by atoms with Gasteiger partial charge in [-0.2, -0.15) is 4.37 Å². The molecular formula is C22H16FN5O3S2. The number of halogens is 1. The lowest BCUT2D eigenvalue weighted by Gasteiger charge is -2.15. The number of hydrogen-bond donors (Lipinski definition) is 2. The molecular weight excluding hydrogens is 465 g/mol. The molecule has 0 fully saturated rings. The summed E-state index contributed by atoms with van der Waals surface area (Å²) in [5.41, 5.74) is 3.01. The quantitative estimate of drug-likeness (QED) is 0.340. The van der Waals surface area contributed by atoms with E-state index >= 15 is 0 Å². The van der Waals surface area contributed by atoms with E-state index in [1.54, 1.807) is 12.3 Å². The van der Waals surface area contributed by atoms with Crippen molar-refractivity contribution >= 4 is 39.7 Å². The van der Waals surface area contributed by atoms with Crippen LogP contribution in [0.25, 0.3) is 22.2 Å². The lowest BCUT2D eigenvalue weighted by atomic mass is 10.0. The van der Waals surface area contributed by atoms with Crippen LogP contribution in [0, 0.1) is 5.82 Å². The minimum Gasteiger partial charge on any atom is -0.408 e. The average molecular weight is 482 g/mol. The van der Waals surface area contributed by atoms with Crippen LogP contribution in [0.4, 0.5) is 9.52 Å². The van der Waals surface area contributed by atoms with Crippen molar-refractivity contribution in [2.75, 3.05) is 4.72 Å². The first kappa shape index (κ1) is 21.2. The summed E-state index contributed by atoms with van der Waals surface area (Å²) in [6.45, 7) is 1.85. The van der Waals surface area contributed by atoms with Gasteiger partial charge in [-0.1, -0.05) is 18.2 Å². The maximum absolute atomic E-state index is 14.8. The number of hydrogen-bond acceptors (Lipinski definition) is 8. The molecule has 0 radical (unpaired) electrons. The van der Waals surface area contributed by atoms with E-state index in [-0.39, 0.29) is 16.0 Å². The molecule has 0 aliphatic rings. The Labute approximate surface area is 194 Å². The minimum absolute atomic E-state index is 0.183. The largest absolute Gasteiger partial charge is 0.420 e. The summed E-state index contributed by atoms with van der Waals surface area (Å²) in [4.78, 5) is 31.0. The zero-order valence-electron chi connectivity index (χ0n) is 17.1. The van der Waals surface area contributed by atoms with Crippen LogP contribution < -0.4 is 16.0 Å². The Morgan fingerprint density at radius 2 is 2.06 bits per heavy atom. The lowest BCUT2D eigenvalue weighted by Crippen LogP contribution is -2.19. The number of aromatic amines is 1. The third kappa shape index (κ3) is 4.20. The smallest absolute Gasteiger partial charge is 0.408 e. The summed E-state index contributed by atoms with van der Waals surface area (Å²) in [5.74, 6) is -1.07. The normalized spacial score (nSPS) is 12.2. The third-order valence-electron chi connectivity index (χ3n) is 5.15. The van der Waals surface area contributed by atoms with Gasteiger partial charge in [0.1, 0.15) is 12.1 Å². The van der Waals surface area contributed by atoms with E-state index in [9.17, 15) is 14.0 Å². The Balaban J connectivity index is 1.49.